The summed E-state index contributed by atoms with van der Waals surface area (Å²) in [6, 6.07) is 5.73. The maximum Gasteiger partial charge on any atom is 0.422 e. The molecule has 0 saturated carbocycles. The van der Waals surface area contributed by atoms with E-state index in [1.165, 1.54) is 12.1 Å². The van der Waals surface area contributed by atoms with E-state index in [9.17, 15) is 22.8 Å². The molecule has 0 amide bonds. The topological polar surface area (TPSA) is 65.7 Å². The van der Waals surface area contributed by atoms with E-state index >= 15 is 0 Å². The first-order valence-electron chi connectivity index (χ1n) is 6.75. The Morgan fingerprint density at radius 2 is 2.00 bits per heavy atom. The first-order chi connectivity index (χ1) is 10.8. The third-order valence-corrected chi connectivity index (χ3v) is 2.77. The number of rotatable bonds is 5. The molecule has 0 aliphatic carbocycles. The van der Waals surface area contributed by atoms with Gasteiger partial charge in [0.1, 0.15) is 16.9 Å². The molecule has 0 aliphatic heterocycles. The summed E-state index contributed by atoms with van der Waals surface area (Å²) >= 11 is 0. The summed E-state index contributed by atoms with van der Waals surface area (Å²) in [7, 11) is 0. The Balaban J connectivity index is 2.27. The van der Waals surface area contributed by atoms with Gasteiger partial charge < -0.3 is 13.9 Å². The molecule has 5 nitrogen and oxygen atoms in total. The zero-order valence-corrected chi connectivity index (χ0v) is 12.1. The van der Waals surface area contributed by atoms with Crippen LogP contribution in [0.15, 0.2) is 33.5 Å². The highest BCUT2D eigenvalue weighted by Crippen LogP contribution is 2.21. The van der Waals surface area contributed by atoms with Crippen molar-refractivity contribution in [2.45, 2.75) is 19.5 Å². The highest BCUT2D eigenvalue weighted by atomic mass is 19.4. The number of hydrogen-bond acceptors (Lipinski definition) is 5. The summed E-state index contributed by atoms with van der Waals surface area (Å²) in [4.78, 5) is 23.3. The molecule has 0 aliphatic rings. The van der Waals surface area contributed by atoms with Crippen molar-refractivity contribution in [1.82, 2.24) is 0 Å². The maximum absolute atomic E-state index is 12.0. The lowest BCUT2D eigenvalue weighted by Crippen LogP contribution is -2.23. The average Bonchev–Trinajstić information content (AvgIpc) is 2.49. The molecule has 23 heavy (non-hydrogen) atoms. The Morgan fingerprint density at radius 3 is 2.65 bits per heavy atom. The van der Waals surface area contributed by atoms with Gasteiger partial charge in [0.15, 0.2) is 6.61 Å². The SMILES string of the molecule is CCCOc1ccc2cc(C(=O)OCC(F)(F)F)c(=O)oc2c1. The Kier molecular flexibility index (Phi) is 4.92. The molecule has 0 radical (unpaired) electrons. The third-order valence-electron chi connectivity index (χ3n) is 2.77. The Bertz CT molecular complexity index is 764. The van der Waals surface area contributed by atoms with Gasteiger partial charge in [-0.25, -0.2) is 9.59 Å². The van der Waals surface area contributed by atoms with Crippen molar-refractivity contribution in [3.8, 4) is 5.75 Å². The number of hydrogen-bond donors (Lipinski definition) is 0. The van der Waals surface area contributed by atoms with E-state index in [0.29, 0.717) is 17.7 Å². The van der Waals surface area contributed by atoms with E-state index in [4.69, 9.17) is 9.15 Å². The van der Waals surface area contributed by atoms with Crippen molar-refractivity contribution in [2.75, 3.05) is 13.2 Å². The molecule has 8 heteroatoms. The van der Waals surface area contributed by atoms with Gasteiger partial charge >= 0.3 is 17.8 Å². The van der Waals surface area contributed by atoms with Crippen LogP contribution < -0.4 is 10.4 Å². The minimum absolute atomic E-state index is 0.163. The second-order valence-corrected chi connectivity index (χ2v) is 4.69. The number of esters is 1. The van der Waals surface area contributed by atoms with Crippen molar-refractivity contribution in [3.05, 3.63) is 40.2 Å². The summed E-state index contributed by atoms with van der Waals surface area (Å²) in [5.41, 5.74) is -1.50. The second-order valence-electron chi connectivity index (χ2n) is 4.69. The smallest absolute Gasteiger partial charge is 0.422 e. The van der Waals surface area contributed by atoms with Crippen LogP contribution in [-0.4, -0.2) is 25.4 Å². The van der Waals surface area contributed by atoms with Crippen LogP contribution in [0.1, 0.15) is 23.7 Å². The molecule has 0 fully saturated rings. The Morgan fingerprint density at radius 1 is 1.26 bits per heavy atom. The highest BCUT2D eigenvalue weighted by molar-refractivity contribution is 5.93. The van der Waals surface area contributed by atoms with E-state index in [0.717, 1.165) is 12.5 Å². The minimum Gasteiger partial charge on any atom is -0.493 e. The van der Waals surface area contributed by atoms with Crippen LogP contribution in [-0.2, 0) is 4.74 Å². The van der Waals surface area contributed by atoms with E-state index in [1.54, 1.807) is 6.07 Å². The second kappa shape index (κ2) is 6.72. The molecule has 0 bridgehead atoms. The van der Waals surface area contributed by atoms with Crippen molar-refractivity contribution < 1.29 is 31.9 Å². The molecule has 2 rings (SSSR count). The number of ether oxygens (including phenoxy) is 2. The normalized spacial score (nSPS) is 11.5. The summed E-state index contributed by atoms with van der Waals surface area (Å²) < 4.78 is 50.5. The number of carbonyl (C=O) groups excluding carboxylic acids is 1. The van der Waals surface area contributed by atoms with Crippen LogP contribution in [0.2, 0.25) is 0 Å². The molecule has 2 aromatic rings. The van der Waals surface area contributed by atoms with Crippen molar-refractivity contribution in [1.29, 1.82) is 0 Å². The van der Waals surface area contributed by atoms with Gasteiger partial charge in [0.05, 0.1) is 6.61 Å². The number of alkyl halides is 3. The minimum atomic E-state index is -4.67. The maximum atomic E-state index is 12.0. The van der Waals surface area contributed by atoms with E-state index in [2.05, 4.69) is 4.74 Å². The van der Waals surface area contributed by atoms with Crippen molar-refractivity contribution >= 4 is 16.9 Å². The largest absolute Gasteiger partial charge is 0.493 e. The molecule has 0 spiro atoms. The van der Waals surface area contributed by atoms with Gasteiger partial charge in [0.2, 0.25) is 0 Å². The monoisotopic (exact) mass is 330 g/mol. The summed E-state index contributed by atoms with van der Waals surface area (Å²) in [6.45, 7) is 0.644. The number of halogens is 3. The summed E-state index contributed by atoms with van der Waals surface area (Å²) in [5, 5.41) is 0.368. The molecular weight excluding hydrogens is 317 g/mol. The predicted octanol–water partition coefficient (Wildman–Crippen LogP) is 3.30. The number of carbonyl (C=O) groups is 1. The lowest BCUT2D eigenvalue weighted by atomic mass is 10.2. The lowest BCUT2D eigenvalue weighted by Gasteiger charge is -2.08. The van der Waals surface area contributed by atoms with E-state index in [-0.39, 0.29) is 5.58 Å². The molecule has 1 heterocycles. The van der Waals surface area contributed by atoms with E-state index in [1.807, 2.05) is 6.92 Å². The fourth-order valence-electron chi connectivity index (χ4n) is 1.77. The first kappa shape index (κ1) is 16.9. The van der Waals surface area contributed by atoms with Gasteiger partial charge in [-0.2, -0.15) is 13.2 Å². The van der Waals surface area contributed by atoms with Crippen LogP contribution in [0.5, 0.6) is 5.75 Å². The van der Waals surface area contributed by atoms with Crippen LogP contribution in [0, 0.1) is 0 Å². The Labute approximate surface area is 128 Å². The zero-order chi connectivity index (χ0) is 17.0. The van der Waals surface area contributed by atoms with Crippen LogP contribution in [0.4, 0.5) is 13.2 Å². The highest BCUT2D eigenvalue weighted by Gasteiger charge is 2.30. The molecule has 1 aromatic carbocycles. The average molecular weight is 330 g/mol. The molecule has 1 aromatic heterocycles. The fraction of sp³-hybridized carbons (Fsp3) is 0.333. The molecule has 0 unspecified atom stereocenters. The van der Waals surface area contributed by atoms with Gasteiger partial charge in [-0.1, -0.05) is 6.92 Å². The number of benzene rings is 1. The van der Waals surface area contributed by atoms with Gasteiger partial charge in [-0.3, -0.25) is 0 Å². The quantitative estimate of drug-likeness (QED) is 0.622. The molecule has 0 N–H and O–H groups in total. The summed E-state index contributed by atoms with van der Waals surface area (Å²) in [6.07, 6.45) is -3.87. The van der Waals surface area contributed by atoms with E-state index < -0.39 is 29.9 Å². The third kappa shape index (κ3) is 4.48. The Hall–Kier alpha value is -2.51. The van der Waals surface area contributed by atoms with Crippen LogP contribution in [0.3, 0.4) is 0 Å². The van der Waals surface area contributed by atoms with Crippen molar-refractivity contribution in [3.63, 3.8) is 0 Å². The van der Waals surface area contributed by atoms with Gasteiger partial charge in [-0.05, 0) is 24.6 Å². The fourth-order valence-corrected chi connectivity index (χ4v) is 1.77. The molecule has 124 valence electrons. The molecule has 0 saturated heterocycles. The summed E-state index contributed by atoms with van der Waals surface area (Å²) in [5.74, 6) is -0.904. The zero-order valence-electron chi connectivity index (χ0n) is 12.1. The standard InChI is InChI=1S/C15H13F3O5/c1-2-5-21-10-4-3-9-6-11(14(20)23-12(9)7-10)13(19)22-8-15(16,17)18/h3-4,6-7H,2,5,8H2,1H3. The molecular formula is C15H13F3O5. The van der Waals surface area contributed by atoms with Gasteiger partial charge in [0.25, 0.3) is 0 Å². The lowest BCUT2D eigenvalue weighted by molar-refractivity contribution is -0.161. The van der Waals surface area contributed by atoms with Crippen LogP contribution >= 0.6 is 0 Å². The predicted molar refractivity (Wildman–Crippen MR) is 74.6 cm³/mol. The van der Waals surface area contributed by atoms with Gasteiger partial charge in [0, 0.05) is 11.5 Å². The molecule has 0 atom stereocenters. The van der Waals surface area contributed by atoms with Gasteiger partial charge in [-0.15, -0.1) is 0 Å². The van der Waals surface area contributed by atoms with Crippen LogP contribution in [0.25, 0.3) is 11.0 Å². The first-order valence-corrected chi connectivity index (χ1v) is 6.75. The number of fused-ring (bicyclic) bond motifs is 1. The van der Waals surface area contributed by atoms with Crippen molar-refractivity contribution in [2.24, 2.45) is 0 Å².